The number of sulfonamides is 1. The molecule has 7 nitrogen and oxygen atoms in total. The Morgan fingerprint density at radius 2 is 1.32 bits per heavy atom. The molecule has 1 saturated heterocycles. The minimum absolute atomic E-state index is 0.0208. The molecule has 0 aromatic heterocycles. The number of benzene rings is 2. The molecule has 4 rings (SSSR count). The number of anilines is 2. The first-order valence-corrected chi connectivity index (χ1v) is 12.2. The van der Waals surface area contributed by atoms with Gasteiger partial charge in [-0.25, -0.2) is 8.42 Å². The Labute approximate surface area is 182 Å². The normalized spacial score (nSPS) is 17.5. The van der Waals surface area contributed by atoms with E-state index in [0.29, 0.717) is 30.0 Å². The average molecular weight is 442 g/mol. The Morgan fingerprint density at radius 1 is 0.774 bits per heavy atom. The van der Waals surface area contributed by atoms with Crippen molar-refractivity contribution in [3.63, 3.8) is 0 Å². The van der Waals surface area contributed by atoms with Gasteiger partial charge < -0.3 is 10.6 Å². The van der Waals surface area contributed by atoms with Crippen molar-refractivity contribution in [3.8, 4) is 0 Å². The smallest absolute Gasteiger partial charge is 0.255 e. The third kappa shape index (κ3) is 5.32. The summed E-state index contributed by atoms with van der Waals surface area (Å²) in [6, 6.07) is 13.0. The van der Waals surface area contributed by atoms with Crippen molar-refractivity contribution in [2.75, 3.05) is 23.7 Å². The summed E-state index contributed by atoms with van der Waals surface area (Å²) >= 11 is 0. The second kappa shape index (κ2) is 9.20. The maximum Gasteiger partial charge on any atom is 0.255 e. The van der Waals surface area contributed by atoms with Crippen LogP contribution in [0.1, 0.15) is 48.9 Å². The van der Waals surface area contributed by atoms with Gasteiger partial charge in [-0.1, -0.05) is 12.8 Å². The summed E-state index contributed by atoms with van der Waals surface area (Å²) in [6.07, 6.45) is 5.76. The first-order chi connectivity index (χ1) is 14.9. The Bertz CT molecular complexity index is 1040. The van der Waals surface area contributed by atoms with Crippen molar-refractivity contribution in [3.05, 3.63) is 54.1 Å². The van der Waals surface area contributed by atoms with Crippen LogP contribution in [-0.4, -0.2) is 37.6 Å². The SMILES string of the molecule is O=C(Nc1ccc(S(=O)(=O)N2CCCCCC2)cc1)c1ccc(NC(=O)C2CC2)cc1. The third-order valence-corrected chi connectivity index (χ3v) is 7.59. The van der Waals surface area contributed by atoms with Gasteiger partial charge in [0.05, 0.1) is 4.90 Å². The molecule has 2 fully saturated rings. The van der Waals surface area contributed by atoms with Gasteiger partial charge in [0, 0.05) is 35.9 Å². The Balaban J connectivity index is 1.38. The topological polar surface area (TPSA) is 95.6 Å². The molecule has 1 saturated carbocycles. The second-order valence-corrected chi connectivity index (χ2v) is 10.1. The molecule has 8 heteroatoms. The number of nitrogens with one attached hydrogen (secondary N) is 2. The summed E-state index contributed by atoms with van der Waals surface area (Å²) in [5, 5.41) is 5.62. The molecule has 2 N–H and O–H groups in total. The molecular weight excluding hydrogens is 414 g/mol. The summed E-state index contributed by atoms with van der Waals surface area (Å²) in [4.78, 5) is 24.6. The Kier molecular flexibility index (Phi) is 6.38. The van der Waals surface area contributed by atoms with E-state index in [4.69, 9.17) is 0 Å². The van der Waals surface area contributed by atoms with Gasteiger partial charge in [-0.3, -0.25) is 9.59 Å². The molecular formula is C23H27N3O4S. The average Bonchev–Trinajstić information content (AvgIpc) is 3.62. The van der Waals surface area contributed by atoms with E-state index in [-0.39, 0.29) is 22.6 Å². The zero-order chi connectivity index (χ0) is 21.8. The first kappa shape index (κ1) is 21.5. The maximum atomic E-state index is 12.9. The van der Waals surface area contributed by atoms with E-state index in [0.717, 1.165) is 38.5 Å². The number of carbonyl (C=O) groups excluding carboxylic acids is 2. The van der Waals surface area contributed by atoms with Crippen molar-refractivity contribution in [1.82, 2.24) is 4.31 Å². The van der Waals surface area contributed by atoms with E-state index < -0.39 is 10.0 Å². The van der Waals surface area contributed by atoms with Gasteiger partial charge in [-0.2, -0.15) is 4.31 Å². The predicted molar refractivity (Wildman–Crippen MR) is 119 cm³/mol. The number of hydrogen-bond donors (Lipinski definition) is 2. The summed E-state index contributed by atoms with van der Waals surface area (Å²) in [7, 11) is -3.51. The zero-order valence-corrected chi connectivity index (χ0v) is 18.2. The second-order valence-electron chi connectivity index (χ2n) is 8.14. The van der Waals surface area contributed by atoms with Crippen LogP contribution >= 0.6 is 0 Å². The minimum atomic E-state index is -3.51. The van der Waals surface area contributed by atoms with Crippen molar-refractivity contribution in [1.29, 1.82) is 0 Å². The summed E-state index contributed by atoms with van der Waals surface area (Å²) in [5.74, 6) is -0.162. The molecule has 1 aliphatic carbocycles. The highest BCUT2D eigenvalue weighted by atomic mass is 32.2. The van der Waals surface area contributed by atoms with Gasteiger partial charge in [0.15, 0.2) is 0 Å². The summed E-state index contributed by atoms with van der Waals surface area (Å²) in [5.41, 5.74) is 1.63. The molecule has 2 amide bonds. The van der Waals surface area contributed by atoms with E-state index >= 15 is 0 Å². The number of nitrogens with zero attached hydrogens (tertiary/aromatic N) is 1. The fourth-order valence-electron chi connectivity index (χ4n) is 3.64. The van der Waals surface area contributed by atoms with Crippen molar-refractivity contribution >= 4 is 33.2 Å². The molecule has 0 radical (unpaired) electrons. The Morgan fingerprint density at radius 3 is 1.90 bits per heavy atom. The van der Waals surface area contributed by atoms with E-state index in [1.807, 2.05) is 0 Å². The van der Waals surface area contributed by atoms with Crippen molar-refractivity contribution in [2.45, 2.75) is 43.4 Å². The number of hydrogen-bond acceptors (Lipinski definition) is 4. The van der Waals surface area contributed by atoms with Gasteiger partial charge in [0.1, 0.15) is 0 Å². The van der Waals surface area contributed by atoms with Crippen LogP contribution in [0.5, 0.6) is 0 Å². The molecule has 0 atom stereocenters. The largest absolute Gasteiger partial charge is 0.326 e. The highest BCUT2D eigenvalue weighted by Gasteiger charge is 2.29. The van der Waals surface area contributed by atoms with Crippen LogP contribution in [0.4, 0.5) is 11.4 Å². The lowest BCUT2D eigenvalue weighted by atomic mass is 10.2. The Hall–Kier alpha value is -2.71. The maximum absolute atomic E-state index is 12.9. The molecule has 164 valence electrons. The van der Waals surface area contributed by atoms with Crippen LogP contribution in [0, 0.1) is 5.92 Å². The van der Waals surface area contributed by atoms with E-state index in [1.165, 1.54) is 12.1 Å². The van der Waals surface area contributed by atoms with Gasteiger partial charge in [0.25, 0.3) is 5.91 Å². The van der Waals surface area contributed by atoms with Gasteiger partial charge in [-0.15, -0.1) is 0 Å². The molecule has 0 bridgehead atoms. The standard InChI is InChI=1S/C23H27N3O4S/c27-22(17-5-6-17)24-19-9-7-18(8-10-19)23(28)25-20-11-13-21(14-12-20)31(29,30)26-15-3-1-2-4-16-26/h7-14,17H,1-6,15-16H2,(H,24,27)(H,25,28). The molecule has 2 aliphatic rings. The molecule has 0 unspecified atom stereocenters. The van der Waals surface area contributed by atoms with Crippen LogP contribution in [0.3, 0.4) is 0 Å². The van der Waals surface area contributed by atoms with Crippen LogP contribution in [0.2, 0.25) is 0 Å². The van der Waals surface area contributed by atoms with Crippen LogP contribution < -0.4 is 10.6 Å². The highest BCUT2D eigenvalue weighted by molar-refractivity contribution is 7.89. The lowest BCUT2D eigenvalue weighted by Crippen LogP contribution is -2.31. The lowest BCUT2D eigenvalue weighted by molar-refractivity contribution is -0.117. The quantitative estimate of drug-likeness (QED) is 0.712. The monoisotopic (exact) mass is 441 g/mol. The molecule has 1 heterocycles. The van der Waals surface area contributed by atoms with E-state index in [2.05, 4.69) is 10.6 Å². The summed E-state index contributed by atoms with van der Waals surface area (Å²) in [6.45, 7) is 1.11. The van der Waals surface area contributed by atoms with Crippen LogP contribution in [-0.2, 0) is 14.8 Å². The van der Waals surface area contributed by atoms with Gasteiger partial charge in [0.2, 0.25) is 15.9 Å². The fraction of sp³-hybridized carbons (Fsp3) is 0.391. The number of amides is 2. The van der Waals surface area contributed by atoms with Crippen LogP contribution in [0.25, 0.3) is 0 Å². The number of carbonyl (C=O) groups is 2. The zero-order valence-electron chi connectivity index (χ0n) is 17.3. The molecule has 1 aliphatic heterocycles. The molecule has 0 spiro atoms. The highest BCUT2D eigenvalue weighted by Crippen LogP contribution is 2.30. The molecule has 31 heavy (non-hydrogen) atoms. The predicted octanol–water partition coefficient (Wildman–Crippen LogP) is 3.85. The van der Waals surface area contributed by atoms with E-state index in [9.17, 15) is 18.0 Å². The van der Waals surface area contributed by atoms with E-state index in [1.54, 1.807) is 40.7 Å². The minimum Gasteiger partial charge on any atom is -0.326 e. The number of rotatable bonds is 6. The summed E-state index contributed by atoms with van der Waals surface area (Å²) < 4.78 is 27.3. The van der Waals surface area contributed by atoms with Crippen molar-refractivity contribution in [2.24, 2.45) is 5.92 Å². The molecule has 2 aromatic rings. The lowest BCUT2D eigenvalue weighted by Gasteiger charge is -2.20. The van der Waals surface area contributed by atoms with Crippen LogP contribution in [0.15, 0.2) is 53.4 Å². The van der Waals surface area contributed by atoms with Crippen molar-refractivity contribution < 1.29 is 18.0 Å². The van der Waals surface area contributed by atoms with Gasteiger partial charge in [-0.05, 0) is 74.2 Å². The first-order valence-electron chi connectivity index (χ1n) is 10.8. The molecule has 2 aromatic carbocycles. The fourth-order valence-corrected chi connectivity index (χ4v) is 5.16. The third-order valence-electron chi connectivity index (χ3n) is 5.68. The van der Waals surface area contributed by atoms with Gasteiger partial charge >= 0.3 is 0 Å².